The molecule has 3 amide bonds. The van der Waals surface area contributed by atoms with Gasteiger partial charge in [0.25, 0.3) is 0 Å². The van der Waals surface area contributed by atoms with Gasteiger partial charge in [-0.2, -0.15) is 0 Å². The van der Waals surface area contributed by atoms with E-state index in [0.717, 1.165) is 4.47 Å². The predicted octanol–water partition coefficient (Wildman–Crippen LogP) is 3.45. The number of pyridine rings is 1. The number of hydrogen-bond acceptors (Lipinski definition) is 3. The Morgan fingerprint density at radius 3 is 2.38 bits per heavy atom. The summed E-state index contributed by atoms with van der Waals surface area (Å²) in [7, 11) is 0. The number of urea groups is 1. The molecule has 7 heteroatoms. The minimum atomic E-state index is -0.412. The fourth-order valence-corrected chi connectivity index (χ4v) is 1.84. The SMILES string of the molecule is CC(=O)Nc1cccc(NC(=O)Nc2ccc(Br)cn2)c1. The maximum absolute atomic E-state index is 11.8. The van der Waals surface area contributed by atoms with Gasteiger partial charge < -0.3 is 10.6 Å². The molecule has 0 fully saturated rings. The standard InChI is InChI=1S/C14H13BrN4O2/c1-9(20)17-11-3-2-4-12(7-11)18-14(21)19-13-6-5-10(15)8-16-13/h2-8H,1H3,(H,17,20)(H2,16,18,19,21). The highest BCUT2D eigenvalue weighted by atomic mass is 79.9. The summed E-state index contributed by atoms with van der Waals surface area (Å²) in [5.41, 5.74) is 1.18. The van der Waals surface area contributed by atoms with E-state index in [1.165, 1.54) is 6.92 Å². The number of carbonyl (C=O) groups is 2. The molecule has 1 heterocycles. The lowest BCUT2D eigenvalue weighted by molar-refractivity contribution is -0.114. The van der Waals surface area contributed by atoms with Crippen LogP contribution in [-0.4, -0.2) is 16.9 Å². The third-order valence-corrected chi connectivity index (χ3v) is 2.88. The lowest BCUT2D eigenvalue weighted by atomic mass is 10.3. The first-order valence-electron chi connectivity index (χ1n) is 6.10. The number of carbonyl (C=O) groups excluding carboxylic acids is 2. The Kier molecular flexibility index (Phi) is 4.89. The van der Waals surface area contributed by atoms with E-state index >= 15 is 0 Å². The quantitative estimate of drug-likeness (QED) is 0.794. The first-order chi connectivity index (χ1) is 10.0. The van der Waals surface area contributed by atoms with Crippen LogP contribution in [-0.2, 0) is 4.79 Å². The summed E-state index contributed by atoms with van der Waals surface area (Å²) < 4.78 is 0.830. The molecule has 0 radical (unpaired) electrons. The smallest absolute Gasteiger partial charge is 0.324 e. The number of amides is 3. The predicted molar refractivity (Wildman–Crippen MR) is 85.3 cm³/mol. The van der Waals surface area contributed by atoms with E-state index in [0.29, 0.717) is 17.2 Å². The second-order valence-corrected chi connectivity index (χ2v) is 5.12. The van der Waals surface area contributed by atoms with Crippen LogP contribution in [0, 0.1) is 0 Å². The molecule has 1 aromatic heterocycles. The summed E-state index contributed by atoms with van der Waals surface area (Å²) in [6.45, 7) is 1.42. The van der Waals surface area contributed by atoms with Gasteiger partial charge in [0.05, 0.1) is 0 Å². The van der Waals surface area contributed by atoms with Gasteiger partial charge in [0, 0.05) is 29.0 Å². The number of anilines is 3. The second kappa shape index (κ2) is 6.85. The summed E-state index contributed by atoms with van der Waals surface area (Å²) in [5, 5.41) is 7.92. The van der Waals surface area contributed by atoms with E-state index in [2.05, 4.69) is 36.9 Å². The molecule has 2 aromatic rings. The molecule has 0 aliphatic heterocycles. The highest BCUT2D eigenvalue weighted by Gasteiger charge is 2.04. The molecule has 3 N–H and O–H groups in total. The fraction of sp³-hybridized carbons (Fsp3) is 0.0714. The van der Waals surface area contributed by atoms with Gasteiger partial charge in [-0.3, -0.25) is 10.1 Å². The summed E-state index contributed by atoms with van der Waals surface area (Å²) >= 11 is 3.27. The molecule has 1 aromatic carbocycles. The normalized spacial score (nSPS) is 9.81. The molecular formula is C14H13BrN4O2. The monoisotopic (exact) mass is 348 g/mol. The molecule has 21 heavy (non-hydrogen) atoms. The van der Waals surface area contributed by atoms with Gasteiger partial charge in [0.1, 0.15) is 5.82 Å². The van der Waals surface area contributed by atoms with Crippen LogP contribution in [0.2, 0.25) is 0 Å². The summed E-state index contributed by atoms with van der Waals surface area (Å²) in [6, 6.07) is 9.90. The van der Waals surface area contributed by atoms with E-state index in [1.54, 1.807) is 42.6 Å². The summed E-state index contributed by atoms with van der Waals surface area (Å²) in [4.78, 5) is 26.9. The van der Waals surface area contributed by atoms with Crippen molar-refractivity contribution in [2.75, 3.05) is 16.0 Å². The Morgan fingerprint density at radius 2 is 1.76 bits per heavy atom. The summed E-state index contributed by atoms with van der Waals surface area (Å²) in [5.74, 6) is 0.268. The topological polar surface area (TPSA) is 83.1 Å². The van der Waals surface area contributed by atoms with Crippen LogP contribution in [0.5, 0.6) is 0 Å². The Bertz CT molecular complexity index is 658. The third-order valence-electron chi connectivity index (χ3n) is 2.41. The molecule has 0 atom stereocenters. The Morgan fingerprint density at radius 1 is 1.05 bits per heavy atom. The molecule has 6 nitrogen and oxygen atoms in total. The zero-order chi connectivity index (χ0) is 15.2. The van der Waals surface area contributed by atoms with Crippen molar-refractivity contribution >= 4 is 45.1 Å². The Labute approximate surface area is 130 Å². The van der Waals surface area contributed by atoms with E-state index < -0.39 is 6.03 Å². The molecule has 0 bridgehead atoms. The number of rotatable bonds is 3. The van der Waals surface area contributed by atoms with Crippen molar-refractivity contribution in [1.82, 2.24) is 4.98 Å². The van der Waals surface area contributed by atoms with Gasteiger partial charge in [0.15, 0.2) is 0 Å². The van der Waals surface area contributed by atoms with Gasteiger partial charge in [-0.1, -0.05) is 6.07 Å². The lowest BCUT2D eigenvalue weighted by Crippen LogP contribution is -2.20. The van der Waals surface area contributed by atoms with E-state index in [4.69, 9.17) is 0 Å². The van der Waals surface area contributed by atoms with Crippen LogP contribution in [0.1, 0.15) is 6.92 Å². The number of halogens is 1. The highest BCUT2D eigenvalue weighted by molar-refractivity contribution is 9.10. The average Bonchev–Trinajstić information content (AvgIpc) is 2.41. The van der Waals surface area contributed by atoms with Crippen LogP contribution >= 0.6 is 15.9 Å². The molecule has 0 aliphatic carbocycles. The first kappa shape index (κ1) is 15.0. The number of benzene rings is 1. The maximum atomic E-state index is 11.8. The van der Waals surface area contributed by atoms with Crippen LogP contribution in [0.15, 0.2) is 47.1 Å². The minimum absolute atomic E-state index is 0.171. The summed E-state index contributed by atoms with van der Waals surface area (Å²) in [6.07, 6.45) is 1.59. The van der Waals surface area contributed by atoms with Crippen molar-refractivity contribution < 1.29 is 9.59 Å². The fourth-order valence-electron chi connectivity index (χ4n) is 1.61. The van der Waals surface area contributed by atoms with Crippen molar-refractivity contribution in [3.63, 3.8) is 0 Å². The number of aromatic nitrogens is 1. The van der Waals surface area contributed by atoms with Crippen molar-refractivity contribution in [1.29, 1.82) is 0 Å². The van der Waals surface area contributed by atoms with Crippen molar-refractivity contribution in [3.05, 3.63) is 47.1 Å². The van der Waals surface area contributed by atoms with E-state index in [9.17, 15) is 9.59 Å². The Hall–Kier alpha value is -2.41. The maximum Gasteiger partial charge on any atom is 0.324 e. The first-order valence-corrected chi connectivity index (χ1v) is 6.89. The van der Waals surface area contributed by atoms with E-state index in [1.807, 2.05) is 0 Å². The average molecular weight is 349 g/mol. The van der Waals surface area contributed by atoms with Crippen molar-refractivity contribution in [3.8, 4) is 0 Å². The number of nitrogens with zero attached hydrogens (tertiary/aromatic N) is 1. The molecular weight excluding hydrogens is 336 g/mol. The van der Waals surface area contributed by atoms with Gasteiger partial charge in [-0.25, -0.2) is 9.78 Å². The highest BCUT2D eigenvalue weighted by Crippen LogP contribution is 2.16. The van der Waals surface area contributed by atoms with Crippen molar-refractivity contribution in [2.24, 2.45) is 0 Å². The minimum Gasteiger partial charge on any atom is -0.326 e. The Balaban J connectivity index is 1.99. The number of nitrogens with one attached hydrogen (secondary N) is 3. The molecule has 2 rings (SSSR count). The van der Waals surface area contributed by atoms with Gasteiger partial charge in [-0.15, -0.1) is 0 Å². The van der Waals surface area contributed by atoms with Crippen LogP contribution in [0.3, 0.4) is 0 Å². The zero-order valence-corrected chi connectivity index (χ0v) is 12.8. The van der Waals surface area contributed by atoms with Crippen molar-refractivity contribution in [2.45, 2.75) is 6.92 Å². The molecule has 0 saturated carbocycles. The van der Waals surface area contributed by atoms with Crippen LogP contribution in [0.25, 0.3) is 0 Å². The van der Waals surface area contributed by atoms with Crippen LogP contribution < -0.4 is 16.0 Å². The molecule has 0 unspecified atom stereocenters. The molecule has 108 valence electrons. The molecule has 0 aliphatic rings. The number of hydrogen-bond donors (Lipinski definition) is 3. The largest absolute Gasteiger partial charge is 0.326 e. The van der Waals surface area contributed by atoms with Gasteiger partial charge in [-0.05, 0) is 46.3 Å². The third kappa shape index (κ3) is 4.88. The second-order valence-electron chi connectivity index (χ2n) is 4.20. The van der Waals surface area contributed by atoms with Gasteiger partial charge >= 0.3 is 6.03 Å². The lowest BCUT2D eigenvalue weighted by Gasteiger charge is -2.09. The van der Waals surface area contributed by atoms with Gasteiger partial charge in [0.2, 0.25) is 5.91 Å². The van der Waals surface area contributed by atoms with Crippen LogP contribution in [0.4, 0.5) is 22.0 Å². The molecule has 0 saturated heterocycles. The molecule has 0 spiro atoms. The zero-order valence-electron chi connectivity index (χ0n) is 11.2. The van der Waals surface area contributed by atoms with E-state index in [-0.39, 0.29) is 5.91 Å².